The topological polar surface area (TPSA) is 38.0 Å². The molecule has 1 atom stereocenters. The lowest BCUT2D eigenvalue weighted by Gasteiger charge is -2.14. The first-order valence-electron chi connectivity index (χ1n) is 5.72. The Bertz CT molecular complexity index is 273. The molecule has 0 spiro atoms. The Kier molecular flexibility index (Phi) is 4.79. The van der Waals surface area contributed by atoms with Gasteiger partial charge in [0.15, 0.2) is 0 Å². The van der Waals surface area contributed by atoms with Crippen molar-refractivity contribution >= 4 is 0 Å². The molecule has 0 aliphatic rings. The molecule has 0 fully saturated rings. The van der Waals surface area contributed by atoms with Gasteiger partial charge in [0.25, 0.3) is 0 Å². The van der Waals surface area contributed by atoms with Crippen molar-refractivity contribution < 1.29 is 0 Å². The summed E-state index contributed by atoms with van der Waals surface area (Å²) < 4.78 is 0. The molecule has 0 aromatic heterocycles. The smallest absolute Gasteiger partial charge is 0.0248 e. The summed E-state index contributed by atoms with van der Waals surface area (Å²) in [6.07, 6.45) is 2.06. The van der Waals surface area contributed by atoms with E-state index in [1.807, 2.05) is 0 Å². The van der Waals surface area contributed by atoms with Crippen LogP contribution < -0.4 is 11.3 Å². The quantitative estimate of drug-likeness (QED) is 0.574. The van der Waals surface area contributed by atoms with Gasteiger partial charge in [0.05, 0.1) is 0 Å². The van der Waals surface area contributed by atoms with Gasteiger partial charge < -0.3 is 0 Å². The SMILES string of the molecule is CCC(Cc1ccc(C(C)C)cc1)NN. The van der Waals surface area contributed by atoms with Crippen LogP contribution in [0.2, 0.25) is 0 Å². The second kappa shape index (κ2) is 5.89. The first-order valence-corrected chi connectivity index (χ1v) is 5.72. The van der Waals surface area contributed by atoms with Crippen molar-refractivity contribution in [2.45, 2.75) is 45.6 Å². The Hall–Kier alpha value is -0.860. The number of rotatable bonds is 5. The van der Waals surface area contributed by atoms with Crippen LogP contribution in [0.1, 0.15) is 44.2 Å². The monoisotopic (exact) mass is 206 g/mol. The van der Waals surface area contributed by atoms with E-state index in [9.17, 15) is 0 Å². The molecule has 84 valence electrons. The fourth-order valence-electron chi connectivity index (χ4n) is 1.64. The molecule has 0 bridgehead atoms. The Morgan fingerprint density at radius 3 is 2.20 bits per heavy atom. The van der Waals surface area contributed by atoms with Crippen molar-refractivity contribution in [3.05, 3.63) is 35.4 Å². The van der Waals surface area contributed by atoms with Gasteiger partial charge in [-0.15, -0.1) is 0 Å². The summed E-state index contributed by atoms with van der Waals surface area (Å²) in [4.78, 5) is 0. The zero-order valence-corrected chi connectivity index (χ0v) is 9.96. The molecular weight excluding hydrogens is 184 g/mol. The molecule has 0 aliphatic carbocycles. The highest BCUT2D eigenvalue weighted by Crippen LogP contribution is 2.15. The summed E-state index contributed by atoms with van der Waals surface area (Å²) in [6.45, 7) is 6.57. The van der Waals surface area contributed by atoms with Crippen molar-refractivity contribution in [2.24, 2.45) is 5.84 Å². The standard InChI is InChI=1S/C13H22N2/c1-4-13(15-14)9-11-5-7-12(8-6-11)10(2)3/h5-8,10,13,15H,4,9,14H2,1-3H3. The second-order valence-corrected chi connectivity index (χ2v) is 4.37. The van der Waals surface area contributed by atoms with Gasteiger partial charge in [-0.25, -0.2) is 0 Å². The Morgan fingerprint density at radius 1 is 1.20 bits per heavy atom. The Labute approximate surface area is 92.8 Å². The van der Waals surface area contributed by atoms with Crippen LogP contribution in [0.4, 0.5) is 0 Å². The predicted molar refractivity (Wildman–Crippen MR) is 65.6 cm³/mol. The summed E-state index contributed by atoms with van der Waals surface area (Å²) in [6, 6.07) is 9.21. The van der Waals surface area contributed by atoms with Gasteiger partial charge in [-0.05, 0) is 29.9 Å². The van der Waals surface area contributed by atoms with E-state index in [-0.39, 0.29) is 0 Å². The largest absolute Gasteiger partial charge is 0.271 e. The molecule has 3 N–H and O–H groups in total. The lowest BCUT2D eigenvalue weighted by molar-refractivity contribution is 0.511. The molecular formula is C13H22N2. The lowest BCUT2D eigenvalue weighted by atomic mass is 9.98. The highest BCUT2D eigenvalue weighted by molar-refractivity contribution is 5.25. The number of nitrogens with one attached hydrogen (secondary N) is 1. The van der Waals surface area contributed by atoms with E-state index in [1.54, 1.807) is 0 Å². The van der Waals surface area contributed by atoms with Crippen molar-refractivity contribution in [2.75, 3.05) is 0 Å². The minimum absolute atomic E-state index is 0.384. The predicted octanol–water partition coefficient (Wildman–Crippen LogP) is 2.59. The van der Waals surface area contributed by atoms with E-state index in [4.69, 9.17) is 5.84 Å². The van der Waals surface area contributed by atoms with Gasteiger partial charge in [-0.2, -0.15) is 0 Å². The molecule has 0 aliphatic heterocycles. The minimum Gasteiger partial charge on any atom is -0.271 e. The number of hydrazine groups is 1. The Morgan fingerprint density at radius 2 is 1.80 bits per heavy atom. The highest BCUT2D eigenvalue weighted by Gasteiger charge is 2.05. The molecule has 1 aromatic carbocycles. The average Bonchev–Trinajstić information content (AvgIpc) is 2.26. The molecule has 0 saturated heterocycles. The van der Waals surface area contributed by atoms with Crippen LogP contribution in [0.25, 0.3) is 0 Å². The molecule has 2 heteroatoms. The van der Waals surface area contributed by atoms with Crippen LogP contribution >= 0.6 is 0 Å². The van der Waals surface area contributed by atoms with Crippen LogP contribution in [0.5, 0.6) is 0 Å². The highest BCUT2D eigenvalue weighted by atomic mass is 15.2. The molecule has 0 amide bonds. The van der Waals surface area contributed by atoms with E-state index in [1.165, 1.54) is 11.1 Å². The molecule has 1 unspecified atom stereocenters. The maximum absolute atomic E-state index is 5.46. The number of nitrogens with two attached hydrogens (primary N) is 1. The van der Waals surface area contributed by atoms with Crippen molar-refractivity contribution in [3.8, 4) is 0 Å². The molecule has 1 aromatic rings. The third kappa shape index (κ3) is 3.65. The molecule has 15 heavy (non-hydrogen) atoms. The van der Waals surface area contributed by atoms with E-state index in [2.05, 4.69) is 50.5 Å². The summed E-state index contributed by atoms with van der Waals surface area (Å²) in [5, 5.41) is 0. The molecule has 0 heterocycles. The maximum Gasteiger partial charge on any atom is 0.0248 e. The fourth-order valence-corrected chi connectivity index (χ4v) is 1.64. The third-order valence-electron chi connectivity index (χ3n) is 2.86. The van der Waals surface area contributed by atoms with Crippen LogP contribution in [0.15, 0.2) is 24.3 Å². The summed E-state index contributed by atoms with van der Waals surface area (Å²) in [5.41, 5.74) is 5.58. The number of benzene rings is 1. The van der Waals surface area contributed by atoms with Crippen LogP contribution in [0.3, 0.4) is 0 Å². The molecule has 0 radical (unpaired) electrons. The summed E-state index contributed by atoms with van der Waals surface area (Å²) in [5.74, 6) is 6.06. The minimum atomic E-state index is 0.384. The Balaban J connectivity index is 2.63. The van der Waals surface area contributed by atoms with Gasteiger partial charge in [-0.1, -0.05) is 45.0 Å². The van der Waals surface area contributed by atoms with Crippen molar-refractivity contribution in [3.63, 3.8) is 0 Å². The van der Waals surface area contributed by atoms with Crippen molar-refractivity contribution in [1.29, 1.82) is 0 Å². The van der Waals surface area contributed by atoms with Gasteiger partial charge in [0.2, 0.25) is 0 Å². The number of hydrogen-bond donors (Lipinski definition) is 2. The molecule has 2 nitrogen and oxygen atoms in total. The fraction of sp³-hybridized carbons (Fsp3) is 0.538. The van der Waals surface area contributed by atoms with Crippen LogP contribution in [0, 0.1) is 0 Å². The number of hydrogen-bond acceptors (Lipinski definition) is 2. The van der Waals surface area contributed by atoms with Gasteiger partial charge in [-0.3, -0.25) is 11.3 Å². The van der Waals surface area contributed by atoms with Crippen LogP contribution in [-0.2, 0) is 6.42 Å². The maximum atomic E-state index is 5.46. The van der Waals surface area contributed by atoms with E-state index in [0.29, 0.717) is 12.0 Å². The van der Waals surface area contributed by atoms with E-state index >= 15 is 0 Å². The van der Waals surface area contributed by atoms with Gasteiger partial charge in [0.1, 0.15) is 0 Å². The molecule has 0 saturated carbocycles. The summed E-state index contributed by atoms with van der Waals surface area (Å²) >= 11 is 0. The van der Waals surface area contributed by atoms with Crippen LogP contribution in [-0.4, -0.2) is 6.04 Å². The third-order valence-corrected chi connectivity index (χ3v) is 2.86. The normalized spacial score (nSPS) is 13.1. The van der Waals surface area contributed by atoms with E-state index in [0.717, 1.165) is 12.8 Å². The van der Waals surface area contributed by atoms with Gasteiger partial charge >= 0.3 is 0 Å². The van der Waals surface area contributed by atoms with Gasteiger partial charge in [0, 0.05) is 6.04 Å². The van der Waals surface area contributed by atoms with E-state index < -0.39 is 0 Å². The lowest BCUT2D eigenvalue weighted by Crippen LogP contribution is -2.36. The second-order valence-electron chi connectivity index (χ2n) is 4.37. The average molecular weight is 206 g/mol. The molecule has 1 rings (SSSR count). The van der Waals surface area contributed by atoms with Crippen molar-refractivity contribution in [1.82, 2.24) is 5.43 Å². The first-order chi connectivity index (χ1) is 7.17. The zero-order valence-electron chi connectivity index (χ0n) is 9.96. The summed E-state index contributed by atoms with van der Waals surface area (Å²) in [7, 11) is 0. The zero-order chi connectivity index (χ0) is 11.3. The first kappa shape index (κ1) is 12.2.